The van der Waals surface area contributed by atoms with Gasteiger partial charge in [0, 0.05) is 24.8 Å². The lowest BCUT2D eigenvalue weighted by molar-refractivity contribution is -0.137. The first-order valence-electron chi connectivity index (χ1n) is 8.55. The fourth-order valence-corrected chi connectivity index (χ4v) is 3.10. The summed E-state index contributed by atoms with van der Waals surface area (Å²) in [6.45, 7) is 1.23. The second kappa shape index (κ2) is 6.98. The summed E-state index contributed by atoms with van der Waals surface area (Å²) in [7, 11) is 0. The SMILES string of the molecule is O=C(Nc1cccc(C(F)(F)F)c1)N[C@H]1CCN(c2ccc3nncn3n2)C1. The van der Waals surface area contributed by atoms with Crippen LogP contribution in [0.4, 0.5) is 29.5 Å². The minimum Gasteiger partial charge on any atom is -0.353 e. The van der Waals surface area contributed by atoms with Crippen molar-refractivity contribution in [3.8, 4) is 0 Å². The van der Waals surface area contributed by atoms with Crippen molar-refractivity contribution in [3.05, 3.63) is 48.3 Å². The Balaban J connectivity index is 1.35. The summed E-state index contributed by atoms with van der Waals surface area (Å²) in [5.41, 5.74) is -0.0900. The normalized spacial score (nSPS) is 17.1. The minimum atomic E-state index is -4.46. The highest BCUT2D eigenvalue weighted by Crippen LogP contribution is 2.30. The maximum absolute atomic E-state index is 12.8. The number of nitrogens with one attached hydrogen (secondary N) is 2. The summed E-state index contributed by atoms with van der Waals surface area (Å²) < 4.78 is 39.9. The van der Waals surface area contributed by atoms with E-state index in [9.17, 15) is 18.0 Å². The molecule has 0 aliphatic carbocycles. The number of carbonyl (C=O) groups excluding carboxylic acids is 1. The van der Waals surface area contributed by atoms with Crippen molar-refractivity contribution in [2.45, 2.75) is 18.6 Å². The van der Waals surface area contributed by atoms with Crippen molar-refractivity contribution in [2.75, 3.05) is 23.3 Å². The second-order valence-corrected chi connectivity index (χ2v) is 6.43. The van der Waals surface area contributed by atoms with Gasteiger partial charge < -0.3 is 15.5 Å². The van der Waals surface area contributed by atoms with Crippen LogP contribution in [0.5, 0.6) is 0 Å². The van der Waals surface area contributed by atoms with Crippen molar-refractivity contribution < 1.29 is 18.0 Å². The van der Waals surface area contributed by atoms with Gasteiger partial charge in [-0.05, 0) is 36.8 Å². The number of halogens is 3. The van der Waals surface area contributed by atoms with Crippen molar-refractivity contribution in [1.29, 1.82) is 0 Å². The molecule has 0 unspecified atom stereocenters. The smallest absolute Gasteiger partial charge is 0.353 e. The molecule has 8 nitrogen and oxygen atoms in total. The van der Waals surface area contributed by atoms with Gasteiger partial charge in [0.1, 0.15) is 12.1 Å². The third kappa shape index (κ3) is 3.82. The topological polar surface area (TPSA) is 87.5 Å². The van der Waals surface area contributed by atoms with E-state index in [4.69, 9.17) is 0 Å². The third-order valence-electron chi connectivity index (χ3n) is 4.44. The van der Waals surface area contributed by atoms with Gasteiger partial charge in [-0.3, -0.25) is 0 Å². The number of alkyl halides is 3. The largest absolute Gasteiger partial charge is 0.416 e. The molecule has 1 saturated heterocycles. The molecule has 2 amide bonds. The summed E-state index contributed by atoms with van der Waals surface area (Å²) in [5, 5.41) is 17.3. The summed E-state index contributed by atoms with van der Waals surface area (Å²) >= 11 is 0. The maximum Gasteiger partial charge on any atom is 0.416 e. The Bertz CT molecular complexity index is 1000. The minimum absolute atomic E-state index is 0.0851. The van der Waals surface area contributed by atoms with E-state index >= 15 is 0 Å². The number of amides is 2. The molecule has 146 valence electrons. The number of hydrogen-bond donors (Lipinski definition) is 2. The van der Waals surface area contributed by atoms with Crippen molar-refractivity contribution >= 4 is 23.2 Å². The van der Waals surface area contributed by atoms with Gasteiger partial charge in [-0.1, -0.05) is 6.07 Å². The average Bonchev–Trinajstić information content (AvgIpc) is 3.29. The summed E-state index contributed by atoms with van der Waals surface area (Å²) in [4.78, 5) is 14.2. The van der Waals surface area contributed by atoms with Gasteiger partial charge in [0.15, 0.2) is 5.65 Å². The number of hydrogen-bond acceptors (Lipinski definition) is 5. The number of anilines is 2. The zero-order valence-electron chi connectivity index (χ0n) is 14.5. The lowest BCUT2D eigenvalue weighted by Gasteiger charge is -2.18. The van der Waals surface area contributed by atoms with E-state index < -0.39 is 17.8 Å². The van der Waals surface area contributed by atoms with Crippen LogP contribution >= 0.6 is 0 Å². The first-order chi connectivity index (χ1) is 13.4. The summed E-state index contributed by atoms with van der Waals surface area (Å²) in [5.74, 6) is 0.731. The van der Waals surface area contributed by atoms with Crippen LogP contribution in [-0.2, 0) is 6.18 Å². The quantitative estimate of drug-likeness (QED) is 0.717. The van der Waals surface area contributed by atoms with Crippen LogP contribution < -0.4 is 15.5 Å². The highest BCUT2D eigenvalue weighted by Gasteiger charge is 2.30. The van der Waals surface area contributed by atoms with Gasteiger partial charge >= 0.3 is 12.2 Å². The van der Waals surface area contributed by atoms with Gasteiger partial charge in [0.05, 0.1) is 5.56 Å². The molecule has 3 heterocycles. The zero-order valence-corrected chi connectivity index (χ0v) is 14.5. The Hall–Kier alpha value is -3.37. The van der Waals surface area contributed by atoms with Crippen LogP contribution in [0.25, 0.3) is 5.65 Å². The predicted octanol–water partition coefficient (Wildman–Crippen LogP) is 2.54. The average molecular weight is 391 g/mol. The number of urea groups is 1. The van der Waals surface area contributed by atoms with E-state index in [2.05, 4.69) is 25.9 Å². The van der Waals surface area contributed by atoms with E-state index in [1.807, 2.05) is 11.0 Å². The number of carbonyl (C=O) groups is 1. The van der Waals surface area contributed by atoms with Crippen molar-refractivity contribution in [1.82, 2.24) is 25.1 Å². The number of rotatable bonds is 3. The standard InChI is InChI=1S/C17H16F3N7O/c18-17(19,20)11-2-1-3-12(8-11)22-16(28)23-13-6-7-26(9-13)15-5-4-14-24-21-10-27(14)25-15/h1-5,8,10,13H,6-7,9H2,(H2,22,23,28)/t13-/m0/s1. The number of fused-ring (bicyclic) bond motifs is 1. The molecule has 4 rings (SSSR count). The fourth-order valence-electron chi connectivity index (χ4n) is 3.10. The number of benzene rings is 1. The summed E-state index contributed by atoms with van der Waals surface area (Å²) in [6.07, 6.45) is -2.26. The molecule has 11 heteroatoms. The molecule has 1 aliphatic heterocycles. The van der Waals surface area contributed by atoms with E-state index in [1.165, 1.54) is 18.5 Å². The molecule has 1 aliphatic rings. The molecule has 2 aromatic heterocycles. The Morgan fingerprint density at radius 2 is 2.07 bits per heavy atom. The lowest BCUT2D eigenvalue weighted by atomic mass is 10.2. The Morgan fingerprint density at radius 1 is 1.21 bits per heavy atom. The molecule has 1 fully saturated rings. The predicted molar refractivity (Wildman–Crippen MR) is 95.0 cm³/mol. The Morgan fingerprint density at radius 3 is 2.89 bits per heavy atom. The zero-order chi connectivity index (χ0) is 19.7. The van der Waals surface area contributed by atoms with E-state index in [-0.39, 0.29) is 11.7 Å². The van der Waals surface area contributed by atoms with Crippen LogP contribution in [0, 0.1) is 0 Å². The van der Waals surface area contributed by atoms with Crippen LogP contribution in [0.1, 0.15) is 12.0 Å². The Labute approximate surface area is 157 Å². The molecule has 0 spiro atoms. The molecule has 1 atom stereocenters. The highest BCUT2D eigenvalue weighted by molar-refractivity contribution is 5.89. The van der Waals surface area contributed by atoms with Gasteiger partial charge in [-0.15, -0.1) is 15.3 Å². The van der Waals surface area contributed by atoms with Crippen LogP contribution in [0.2, 0.25) is 0 Å². The molecule has 3 aromatic rings. The van der Waals surface area contributed by atoms with Crippen LogP contribution in [0.3, 0.4) is 0 Å². The fraction of sp³-hybridized carbons (Fsp3) is 0.294. The maximum atomic E-state index is 12.8. The third-order valence-corrected chi connectivity index (χ3v) is 4.44. The lowest BCUT2D eigenvalue weighted by Crippen LogP contribution is -2.39. The monoisotopic (exact) mass is 391 g/mol. The molecule has 0 saturated carbocycles. The molecule has 2 N–H and O–H groups in total. The molecular formula is C17H16F3N7O. The van der Waals surface area contributed by atoms with E-state index in [0.29, 0.717) is 25.2 Å². The number of nitrogens with zero attached hydrogens (tertiary/aromatic N) is 5. The van der Waals surface area contributed by atoms with Gasteiger partial charge in [0.25, 0.3) is 0 Å². The van der Waals surface area contributed by atoms with Crippen LogP contribution in [0.15, 0.2) is 42.7 Å². The van der Waals surface area contributed by atoms with Gasteiger partial charge in [-0.2, -0.15) is 17.7 Å². The first kappa shape index (κ1) is 18.0. The van der Waals surface area contributed by atoms with Crippen LogP contribution in [-0.4, -0.2) is 45.0 Å². The summed E-state index contributed by atoms with van der Waals surface area (Å²) in [6, 6.07) is 7.45. The second-order valence-electron chi connectivity index (χ2n) is 6.43. The van der Waals surface area contributed by atoms with Gasteiger partial charge in [-0.25, -0.2) is 4.79 Å². The molecule has 0 bridgehead atoms. The van der Waals surface area contributed by atoms with E-state index in [0.717, 1.165) is 18.0 Å². The highest BCUT2D eigenvalue weighted by atomic mass is 19.4. The van der Waals surface area contributed by atoms with Crippen molar-refractivity contribution in [3.63, 3.8) is 0 Å². The van der Waals surface area contributed by atoms with Crippen molar-refractivity contribution in [2.24, 2.45) is 0 Å². The Kier molecular flexibility index (Phi) is 4.49. The molecule has 1 aromatic carbocycles. The van der Waals surface area contributed by atoms with E-state index in [1.54, 1.807) is 10.6 Å². The molecular weight excluding hydrogens is 375 g/mol. The molecule has 28 heavy (non-hydrogen) atoms. The molecule has 0 radical (unpaired) electrons. The first-order valence-corrected chi connectivity index (χ1v) is 8.55. The number of aromatic nitrogens is 4. The van der Waals surface area contributed by atoms with Gasteiger partial charge in [0.2, 0.25) is 0 Å².